The zero-order valence-corrected chi connectivity index (χ0v) is 13.3. The van der Waals surface area contributed by atoms with Gasteiger partial charge >= 0.3 is 0 Å². The van der Waals surface area contributed by atoms with Crippen LogP contribution in [0.25, 0.3) is 32.8 Å². The molecule has 0 bridgehead atoms. The first-order valence-electron chi connectivity index (χ1n) is 7.47. The summed E-state index contributed by atoms with van der Waals surface area (Å²) < 4.78 is 2.20. The highest BCUT2D eigenvalue weighted by atomic mass is 15.1. The molecular weight excluding hydrogens is 272 g/mol. The van der Waals surface area contributed by atoms with Gasteiger partial charge in [0, 0.05) is 35.6 Å². The molecule has 110 valence electrons. The molecule has 0 aliphatic carbocycles. The molecule has 4 aromatic rings. The van der Waals surface area contributed by atoms with E-state index in [1.54, 1.807) is 0 Å². The average Bonchev–Trinajstić information content (AvgIpc) is 2.86. The number of fused-ring (bicyclic) bond motifs is 6. The van der Waals surface area contributed by atoms with Gasteiger partial charge in [-0.2, -0.15) is 0 Å². The van der Waals surface area contributed by atoms with E-state index < -0.39 is 0 Å². The van der Waals surface area contributed by atoms with Gasteiger partial charge in [0.1, 0.15) is 5.82 Å². The molecule has 0 spiro atoms. The first-order valence-corrected chi connectivity index (χ1v) is 7.47. The Morgan fingerprint density at radius 1 is 0.864 bits per heavy atom. The lowest BCUT2D eigenvalue weighted by molar-refractivity contribution is 0.527. The van der Waals surface area contributed by atoms with Gasteiger partial charge in [-0.15, -0.1) is 0 Å². The molecule has 3 aromatic heterocycles. The third kappa shape index (κ3) is 1.67. The van der Waals surface area contributed by atoms with Crippen LogP contribution in [0.1, 0.15) is 26.6 Å². The summed E-state index contributed by atoms with van der Waals surface area (Å²) in [4.78, 5) is 14.1. The van der Waals surface area contributed by atoms with E-state index in [1.165, 1.54) is 0 Å². The molecule has 3 heterocycles. The van der Waals surface area contributed by atoms with Crippen molar-refractivity contribution in [2.24, 2.45) is 7.05 Å². The van der Waals surface area contributed by atoms with Crippen molar-refractivity contribution < 1.29 is 0 Å². The molecule has 0 saturated carbocycles. The molecule has 0 atom stereocenters. The lowest BCUT2D eigenvalue weighted by Gasteiger charge is -2.17. The maximum absolute atomic E-state index is 4.96. The zero-order valence-electron chi connectivity index (χ0n) is 13.3. The average molecular weight is 290 g/mol. The van der Waals surface area contributed by atoms with E-state index in [9.17, 15) is 0 Å². The summed E-state index contributed by atoms with van der Waals surface area (Å²) in [5, 5.41) is 2.17. The molecule has 4 rings (SSSR count). The SMILES string of the molecule is Cn1c(C(C)(C)C)nc2c3cccnc3c3ncccc3c21. The summed E-state index contributed by atoms with van der Waals surface area (Å²) in [5.41, 5.74) is 3.99. The number of benzene rings is 1. The number of rotatable bonds is 0. The molecular formula is C18H18N4. The smallest absolute Gasteiger partial charge is 0.115 e. The molecule has 0 unspecified atom stereocenters. The molecule has 0 fully saturated rings. The zero-order chi connectivity index (χ0) is 15.5. The largest absolute Gasteiger partial charge is 0.330 e. The van der Waals surface area contributed by atoms with Crippen LogP contribution in [0.4, 0.5) is 0 Å². The second-order valence-corrected chi connectivity index (χ2v) is 6.74. The molecule has 0 amide bonds. The Balaban J connectivity index is 2.35. The molecule has 0 aliphatic heterocycles. The quantitative estimate of drug-likeness (QED) is 0.460. The standard InChI is InChI=1S/C18H18N4/c1-18(2,3)17-21-15-11-7-5-9-19-13(11)14-12(8-6-10-20-14)16(15)22(17)4/h5-10H,1-4H3. The fourth-order valence-corrected chi connectivity index (χ4v) is 3.24. The summed E-state index contributed by atoms with van der Waals surface area (Å²) in [6, 6.07) is 8.12. The number of pyridine rings is 2. The summed E-state index contributed by atoms with van der Waals surface area (Å²) >= 11 is 0. The third-order valence-corrected chi connectivity index (χ3v) is 4.12. The molecule has 0 radical (unpaired) electrons. The second-order valence-electron chi connectivity index (χ2n) is 6.74. The van der Waals surface area contributed by atoms with Gasteiger partial charge in [0.15, 0.2) is 0 Å². The summed E-state index contributed by atoms with van der Waals surface area (Å²) in [6.45, 7) is 6.57. The van der Waals surface area contributed by atoms with Crippen molar-refractivity contribution in [2.45, 2.75) is 26.2 Å². The number of aryl methyl sites for hydroxylation is 1. The topological polar surface area (TPSA) is 43.6 Å². The minimum atomic E-state index is -0.0170. The van der Waals surface area contributed by atoms with Crippen molar-refractivity contribution in [3.8, 4) is 0 Å². The summed E-state index contributed by atoms with van der Waals surface area (Å²) in [5.74, 6) is 1.07. The number of hydrogen-bond donors (Lipinski definition) is 0. The van der Waals surface area contributed by atoms with Crippen molar-refractivity contribution in [3.63, 3.8) is 0 Å². The molecule has 0 N–H and O–H groups in total. The molecule has 1 aromatic carbocycles. The highest BCUT2D eigenvalue weighted by Gasteiger charge is 2.24. The minimum absolute atomic E-state index is 0.0170. The summed E-state index contributed by atoms with van der Waals surface area (Å²) in [7, 11) is 2.09. The van der Waals surface area contributed by atoms with Crippen LogP contribution in [-0.4, -0.2) is 19.5 Å². The van der Waals surface area contributed by atoms with E-state index in [4.69, 9.17) is 4.98 Å². The van der Waals surface area contributed by atoms with Crippen LogP contribution in [-0.2, 0) is 12.5 Å². The van der Waals surface area contributed by atoms with Gasteiger partial charge in [-0.3, -0.25) is 9.97 Å². The molecule has 22 heavy (non-hydrogen) atoms. The molecule has 0 aliphatic rings. The Hall–Kier alpha value is -2.49. The highest BCUT2D eigenvalue weighted by Crippen LogP contribution is 2.35. The van der Waals surface area contributed by atoms with E-state index in [2.05, 4.69) is 54.5 Å². The Bertz CT molecular complexity index is 1020. The van der Waals surface area contributed by atoms with E-state index in [1.807, 2.05) is 24.5 Å². The fraction of sp³-hybridized carbons (Fsp3) is 0.278. The number of hydrogen-bond acceptors (Lipinski definition) is 3. The molecule has 4 nitrogen and oxygen atoms in total. The van der Waals surface area contributed by atoms with Gasteiger partial charge in [-0.1, -0.05) is 20.8 Å². The number of nitrogens with zero attached hydrogens (tertiary/aromatic N) is 4. The van der Waals surface area contributed by atoms with Gasteiger partial charge in [0.25, 0.3) is 0 Å². The first kappa shape index (κ1) is 13.2. The van der Waals surface area contributed by atoms with Crippen molar-refractivity contribution in [1.82, 2.24) is 19.5 Å². The van der Waals surface area contributed by atoms with Crippen LogP contribution in [0.5, 0.6) is 0 Å². The van der Waals surface area contributed by atoms with E-state index >= 15 is 0 Å². The van der Waals surface area contributed by atoms with Crippen LogP contribution < -0.4 is 0 Å². The normalized spacial score (nSPS) is 12.5. The van der Waals surface area contributed by atoms with Crippen LogP contribution in [0.15, 0.2) is 36.7 Å². The lowest BCUT2D eigenvalue weighted by atomic mass is 9.96. The Labute approximate surface area is 128 Å². The fourth-order valence-electron chi connectivity index (χ4n) is 3.24. The second kappa shape index (κ2) is 4.26. The predicted molar refractivity (Wildman–Crippen MR) is 90.0 cm³/mol. The van der Waals surface area contributed by atoms with Gasteiger partial charge in [0.05, 0.1) is 22.1 Å². The Kier molecular flexibility index (Phi) is 2.55. The van der Waals surface area contributed by atoms with E-state index in [0.717, 1.165) is 38.7 Å². The van der Waals surface area contributed by atoms with E-state index in [0.29, 0.717) is 0 Å². The van der Waals surface area contributed by atoms with Gasteiger partial charge in [-0.05, 0) is 24.3 Å². The van der Waals surface area contributed by atoms with Crippen molar-refractivity contribution in [1.29, 1.82) is 0 Å². The van der Waals surface area contributed by atoms with Crippen LogP contribution in [0.2, 0.25) is 0 Å². The van der Waals surface area contributed by atoms with Gasteiger partial charge in [-0.25, -0.2) is 4.98 Å². The molecule has 4 heteroatoms. The predicted octanol–water partition coefficient (Wildman–Crippen LogP) is 3.97. The van der Waals surface area contributed by atoms with Crippen molar-refractivity contribution >= 4 is 32.8 Å². The Morgan fingerprint density at radius 2 is 1.45 bits per heavy atom. The van der Waals surface area contributed by atoms with Crippen LogP contribution in [0, 0.1) is 0 Å². The van der Waals surface area contributed by atoms with E-state index in [-0.39, 0.29) is 5.41 Å². The maximum atomic E-state index is 4.96. The lowest BCUT2D eigenvalue weighted by Crippen LogP contribution is -2.17. The first-order chi connectivity index (χ1) is 10.5. The molecule has 0 saturated heterocycles. The minimum Gasteiger partial charge on any atom is -0.330 e. The number of imidazole rings is 1. The van der Waals surface area contributed by atoms with Crippen molar-refractivity contribution in [2.75, 3.05) is 0 Å². The van der Waals surface area contributed by atoms with Crippen molar-refractivity contribution in [3.05, 3.63) is 42.5 Å². The Morgan fingerprint density at radius 3 is 2.09 bits per heavy atom. The monoisotopic (exact) mass is 290 g/mol. The van der Waals surface area contributed by atoms with Gasteiger partial charge < -0.3 is 4.57 Å². The highest BCUT2D eigenvalue weighted by molar-refractivity contribution is 6.20. The van der Waals surface area contributed by atoms with Crippen LogP contribution >= 0.6 is 0 Å². The number of aromatic nitrogens is 4. The summed E-state index contributed by atoms with van der Waals surface area (Å²) in [6.07, 6.45) is 3.64. The third-order valence-electron chi connectivity index (χ3n) is 4.12. The maximum Gasteiger partial charge on any atom is 0.115 e. The van der Waals surface area contributed by atoms with Crippen LogP contribution in [0.3, 0.4) is 0 Å². The van der Waals surface area contributed by atoms with Gasteiger partial charge in [0.2, 0.25) is 0 Å².